The third-order valence-electron chi connectivity index (χ3n) is 2.83. The molecule has 0 aliphatic rings. The molecule has 19 heavy (non-hydrogen) atoms. The summed E-state index contributed by atoms with van der Waals surface area (Å²) in [6, 6.07) is 3.84. The lowest BCUT2D eigenvalue weighted by Crippen LogP contribution is -2.49. The smallest absolute Gasteiger partial charge is 0.282 e. The number of amides is 1. The Balaban J connectivity index is 3.13. The van der Waals surface area contributed by atoms with E-state index in [-0.39, 0.29) is 21.7 Å². The summed E-state index contributed by atoms with van der Waals surface area (Å²) in [5, 5.41) is 13.5. The number of nitrogens with one attached hydrogen (secondary N) is 1. The number of nitro benzene ring substituents is 1. The summed E-state index contributed by atoms with van der Waals surface area (Å²) in [7, 11) is 0. The summed E-state index contributed by atoms with van der Waals surface area (Å²) in [6.07, 6.45) is 0. The predicted molar refractivity (Wildman–Crippen MR) is 75.0 cm³/mol. The van der Waals surface area contributed by atoms with Gasteiger partial charge in [0, 0.05) is 11.1 Å². The van der Waals surface area contributed by atoms with Gasteiger partial charge in [0.05, 0.1) is 15.8 Å². The van der Waals surface area contributed by atoms with Crippen LogP contribution in [0.3, 0.4) is 0 Å². The minimum atomic E-state index is -0.700. The normalized spacial score (nSPS) is 12.9. The molecule has 1 N–H and O–H groups in total. The number of hydrogen-bond acceptors (Lipinski definition) is 3. The first-order valence-corrected chi connectivity index (χ1v) is 6.37. The number of carbonyl (C=O) groups excluding carboxylic acids is 1. The van der Waals surface area contributed by atoms with Gasteiger partial charge in [-0.05, 0) is 32.9 Å². The third-order valence-corrected chi connectivity index (χ3v) is 3.61. The van der Waals surface area contributed by atoms with Gasteiger partial charge >= 0.3 is 0 Å². The van der Waals surface area contributed by atoms with Crippen molar-refractivity contribution in [3.63, 3.8) is 0 Å². The van der Waals surface area contributed by atoms with Gasteiger partial charge in [0.2, 0.25) is 0 Å². The van der Waals surface area contributed by atoms with Crippen LogP contribution in [-0.2, 0) is 0 Å². The van der Waals surface area contributed by atoms with Crippen molar-refractivity contribution in [2.45, 2.75) is 31.7 Å². The van der Waals surface area contributed by atoms with Gasteiger partial charge in [-0.15, -0.1) is 11.6 Å². The molecule has 1 aromatic rings. The zero-order valence-corrected chi connectivity index (χ0v) is 12.2. The Kier molecular flexibility index (Phi) is 4.76. The molecule has 0 saturated heterocycles. The first kappa shape index (κ1) is 15.7. The first-order chi connectivity index (χ1) is 8.65. The van der Waals surface area contributed by atoms with Crippen LogP contribution in [0.1, 0.15) is 31.1 Å². The quantitative estimate of drug-likeness (QED) is 0.526. The average Bonchev–Trinajstić information content (AvgIpc) is 2.27. The van der Waals surface area contributed by atoms with Crippen molar-refractivity contribution >= 4 is 34.8 Å². The molecule has 1 rings (SSSR count). The molecule has 0 aliphatic heterocycles. The molecule has 0 spiro atoms. The number of benzene rings is 1. The highest BCUT2D eigenvalue weighted by Gasteiger charge is 2.29. The second-order valence-electron chi connectivity index (χ2n) is 4.71. The molecule has 1 amide bonds. The Morgan fingerprint density at radius 3 is 2.53 bits per heavy atom. The van der Waals surface area contributed by atoms with E-state index in [1.54, 1.807) is 20.8 Å². The molecule has 1 unspecified atom stereocenters. The molecular formula is C12H14Cl2N2O3. The van der Waals surface area contributed by atoms with Crippen molar-refractivity contribution in [2.24, 2.45) is 0 Å². The molecule has 104 valence electrons. The second kappa shape index (κ2) is 5.75. The van der Waals surface area contributed by atoms with Gasteiger partial charge in [-0.1, -0.05) is 11.6 Å². The van der Waals surface area contributed by atoms with E-state index in [1.165, 1.54) is 18.2 Å². The van der Waals surface area contributed by atoms with E-state index >= 15 is 0 Å². The summed E-state index contributed by atoms with van der Waals surface area (Å²) in [4.78, 5) is 22.4. The van der Waals surface area contributed by atoms with Crippen molar-refractivity contribution < 1.29 is 9.72 Å². The van der Waals surface area contributed by atoms with Gasteiger partial charge in [0.1, 0.15) is 5.56 Å². The predicted octanol–water partition coefficient (Wildman–Crippen LogP) is 3.38. The molecule has 0 radical (unpaired) electrons. The average molecular weight is 305 g/mol. The third kappa shape index (κ3) is 3.81. The van der Waals surface area contributed by atoms with Crippen LogP contribution in [0.5, 0.6) is 0 Å². The Labute approximate surface area is 121 Å². The summed E-state index contributed by atoms with van der Waals surface area (Å²) in [5.74, 6) is -0.577. The highest BCUT2D eigenvalue weighted by Crippen LogP contribution is 2.24. The van der Waals surface area contributed by atoms with Crippen LogP contribution in [0.2, 0.25) is 5.02 Å². The maximum atomic E-state index is 12.1. The van der Waals surface area contributed by atoms with E-state index in [0.29, 0.717) is 0 Å². The highest BCUT2D eigenvalue weighted by atomic mass is 35.5. The van der Waals surface area contributed by atoms with Crippen molar-refractivity contribution in [3.05, 3.63) is 38.9 Å². The molecular weight excluding hydrogens is 291 g/mol. The summed E-state index contributed by atoms with van der Waals surface area (Å²) in [6.45, 7) is 5.20. The highest BCUT2D eigenvalue weighted by molar-refractivity contribution is 6.31. The van der Waals surface area contributed by atoms with Gasteiger partial charge < -0.3 is 5.32 Å². The molecule has 1 atom stereocenters. The molecule has 1 aromatic carbocycles. The Morgan fingerprint density at radius 2 is 2.05 bits per heavy atom. The zero-order chi connectivity index (χ0) is 14.8. The monoisotopic (exact) mass is 304 g/mol. The van der Waals surface area contributed by atoms with Crippen molar-refractivity contribution in [2.75, 3.05) is 0 Å². The lowest BCUT2D eigenvalue weighted by molar-refractivity contribution is -0.385. The van der Waals surface area contributed by atoms with Crippen LogP contribution >= 0.6 is 23.2 Å². The number of carbonyl (C=O) groups is 1. The number of nitrogens with zero attached hydrogens (tertiary/aromatic N) is 1. The maximum Gasteiger partial charge on any atom is 0.282 e. The van der Waals surface area contributed by atoms with Crippen molar-refractivity contribution in [3.8, 4) is 0 Å². The zero-order valence-electron chi connectivity index (χ0n) is 10.7. The molecule has 0 heterocycles. The van der Waals surface area contributed by atoms with Crippen molar-refractivity contribution in [1.82, 2.24) is 5.32 Å². The van der Waals surface area contributed by atoms with Crippen LogP contribution in [0.25, 0.3) is 0 Å². The first-order valence-electron chi connectivity index (χ1n) is 5.55. The molecule has 0 saturated carbocycles. The number of hydrogen-bond donors (Lipinski definition) is 1. The van der Waals surface area contributed by atoms with E-state index in [0.717, 1.165) is 0 Å². The van der Waals surface area contributed by atoms with Crippen LogP contribution in [0, 0.1) is 10.1 Å². The minimum absolute atomic E-state index is 0.0807. The van der Waals surface area contributed by atoms with Crippen molar-refractivity contribution in [1.29, 1.82) is 0 Å². The fourth-order valence-corrected chi connectivity index (χ4v) is 1.54. The fourth-order valence-electron chi connectivity index (χ4n) is 1.31. The molecule has 0 aliphatic carbocycles. The number of nitro groups is 1. The summed E-state index contributed by atoms with van der Waals surface area (Å²) < 4.78 is 0. The lowest BCUT2D eigenvalue weighted by atomic mass is 10.0. The molecule has 0 aromatic heterocycles. The Morgan fingerprint density at radius 1 is 1.47 bits per heavy atom. The van der Waals surface area contributed by atoms with Crippen LogP contribution in [0.4, 0.5) is 5.69 Å². The number of halogens is 2. The van der Waals surface area contributed by atoms with Crippen LogP contribution in [0.15, 0.2) is 18.2 Å². The molecule has 0 fully saturated rings. The minimum Gasteiger partial charge on any atom is -0.345 e. The van der Waals surface area contributed by atoms with E-state index in [2.05, 4.69) is 5.32 Å². The van der Waals surface area contributed by atoms with Gasteiger partial charge in [-0.2, -0.15) is 0 Å². The van der Waals surface area contributed by atoms with Crippen LogP contribution in [-0.4, -0.2) is 21.7 Å². The topological polar surface area (TPSA) is 72.2 Å². The SMILES string of the molecule is CC(Cl)C(C)(C)NC(=O)c1cc(Cl)ccc1[N+](=O)[O-]. The second-order valence-corrected chi connectivity index (χ2v) is 5.80. The van der Waals surface area contributed by atoms with Gasteiger partial charge in [0.15, 0.2) is 0 Å². The molecule has 0 bridgehead atoms. The molecule has 5 nitrogen and oxygen atoms in total. The summed E-state index contributed by atoms with van der Waals surface area (Å²) >= 11 is 11.7. The largest absolute Gasteiger partial charge is 0.345 e. The van der Waals surface area contributed by atoms with E-state index < -0.39 is 16.4 Å². The number of alkyl halides is 1. The number of rotatable bonds is 4. The maximum absolute atomic E-state index is 12.1. The fraction of sp³-hybridized carbons (Fsp3) is 0.417. The van der Waals surface area contributed by atoms with E-state index in [1.807, 2.05) is 0 Å². The molecule has 7 heteroatoms. The van der Waals surface area contributed by atoms with Gasteiger partial charge in [-0.3, -0.25) is 14.9 Å². The standard InChI is InChI=1S/C12H14Cl2N2O3/c1-7(13)12(2,3)15-11(17)9-6-8(14)4-5-10(9)16(18)19/h4-7H,1-3H3,(H,15,17). The Hall–Kier alpha value is -1.33. The van der Waals surface area contributed by atoms with Gasteiger partial charge in [-0.25, -0.2) is 0 Å². The Bertz CT molecular complexity index is 516. The van der Waals surface area contributed by atoms with Crippen LogP contribution < -0.4 is 5.32 Å². The van der Waals surface area contributed by atoms with E-state index in [9.17, 15) is 14.9 Å². The summed E-state index contributed by atoms with van der Waals surface area (Å²) in [5.41, 5.74) is -1.07. The lowest BCUT2D eigenvalue weighted by Gasteiger charge is -2.28. The van der Waals surface area contributed by atoms with E-state index in [4.69, 9.17) is 23.2 Å². The van der Waals surface area contributed by atoms with Gasteiger partial charge in [0.25, 0.3) is 11.6 Å².